The van der Waals surface area contributed by atoms with E-state index in [0.29, 0.717) is 12.3 Å². The summed E-state index contributed by atoms with van der Waals surface area (Å²) < 4.78 is 5.61. The Morgan fingerprint density at radius 2 is 1.85 bits per heavy atom. The van der Waals surface area contributed by atoms with Gasteiger partial charge in [-0.25, -0.2) is 4.79 Å². The minimum atomic E-state index is -0.940. The van der Waals surface area contributed by atoms with Crippen LogP contribution < -0.4 is 10.1 Å². The highest BCUT2D eigenvalue weighted by Gasteiger charge is 2.18. The van der Waals surface area contributed by atoms with Crippen molar-refractivity contribution in [2.75, 3.05) is 25.0 Å². The van der Waals surface area contributed by atoms with Crippen LogP contribution in [0.15, 0.2) is 48.5 Å². The third-order valence-corrected chi connectivity index (χ3v) is 4.33. The van der Waals surface area contributed by atoms with E-state index < -0.39 is 5.97 Å². The quantitative estimate of drug-likeness (QED) is 0.799. The Kier molecular flexibility index (Phi) is 5.73. The van der Waals surface area contributed by atoms with Crippen LogP contribution in [0.2, 0.25) is 0 Å². The lowest BCUT2D eigenvalue weighted by Crippen LogP contribution is -2.32. The predicted molar refractivity (Wildman–Crippen MR) is 98.5 cm³/mol. The highest BCUT2D eigenvalue weighted by atomic mass is 16.5. The van der Waals surface area contributed by atoms with Crippen molar-refractivity contribution in [3.05, 3.63) is 59.7 Å². The molecule has 0 atom stereocenters. The maximum Gasteiger partial charge on any atom is 0.335 e. The van der Waals surface area contributed by atoms with Gasteiger partial charge in [0.1, 0.15) is 5.75 Å². The summed E-state index contributed by atoms with van der Waals surface area (Å²) in [4.78, 5) is 24.9. The van der Waals surface area contributed by atoms with E-state index in [0.717, 1.165) is 37.2 Å². The molecule has 1 saturated heterocycles. The number of carboxylic acids is 1. The Hall–Kier alpha value is -3.02. The molecule has 6 nitrogen and oxygen atoms in total. The van der Waals surface area contributed by atoms with Crippen molar-refractivity contribution in [3.8, 4) is 5.75 Å². The van der Waals surface area contributed by atoms with Gasteiger partial charge in [-0.1, -0.05) is 18.2 Å². The number of nitrogens with one attached hydrogen (secondary N) is 1. The van der Waals surface area contributed by atoms with Crippen molar-refractivity contribution in [1.82, 2.24) is 4.90 Å². The summed E-state index contributed by atoms with van der Waals surface area (Å²) in [6.45, 7) is 2.18. The number of likely N-dealkylation sites (tertiary alicyclic amines) is 1. The summed E-state index contributed by atoms with van der Waals surface area (Å²) in [5.41, 5.74) is 1.99. The van der Waals surface area contributed by atoms with Gasteiger partial charge in [0.25, 0.3) is 5.91 Å². The number of rotatable bonds is 7. The molecule has 2 aromatic rings. The van der Waals surface area contributed by atoms with Crippen molar-refractivity contribution < 1.29 is 19.4 Å². The van der Waals surface area contributed by atoms with Crippen LogP contribution in [0.25, 0.3) is 0 Å². The average molecular weight is 354 g/mol. The Labute approximate surface area is 152 Å². The van der Waals surface area contributed by atoms with Gasteiger partial charge < -0.3 is 20.1 Å². The number of anilines is 1. The van der Waals surface area contributed by atoms with Gasteiger partial charge in [0.05, 0.1) is 5.56 Å². The SMILES string of the molecule is O=C(O)c1cccc(CNc2cccc(OCC(=O)N3CCCC3)c2)c1. The average Bonchev–Trinajstić information content (AvgIpc) is 3.20. The zero-order valence-corrected chi connectivity index (χ0v) is 14.5. The third-order valence-electron chi connectivity index (χ3n) is 4.33. The fraction of sp³-hybridized carbons (Fsp3) is 0.300. The number of nitrogens with zero attached hydrogens (tertiary/aromatic N) is 1. The number of carbonyl (C=O) groups is 2. The Morgan fingerprint density at radius 3 is 2.62 bits per heavy atom. The first kappa shape index (κ1) is 17.8. The van der Waals surface area contributed by atoms with Crippen LogP contribution in [0.4, 0.5) is 5.69 Å². The lowest BCUT2D eigenvalue weighted by Gasteiger charge is -2.16. The molecule has 0 radical (unpaired) electrons. The van der Waals surface area contributed by atoms with E-state index in [1.807, 2.05) is 35.2 Å². The predicted octanol–water partition coefficient (Wildman–Crippen LogP) is 3.00. The molecule has 3 rings (SSSR count). The molecule has 1 fully saturated rings. The smallest absolute Gasteiger partial charge is 0.335 e. The number of carbonyl (C=O) groups excluding carboxylic acids is 1. The molecule has 136 valence electrons. The molecule has 2 N–H and O–H groups in total. The Balaban J connectivity index is 1.54. The number of aromatic carboxylic acids is 1. The summed E-state index contributed by atoms with van der Waals surface area (Å²) in [6, 6.07) is 14.2. The molecule has 0 saturated carbocycles. The normalized spacial score (nSPS) is 13.5. The minimum Gasteiger partial charge on any atom is -0.484 e. The Bertz CT molecular complexity index is 785. The third kappa shape index (κ3) is 4.75. The topological polar surface area (TPSA) is 78.9 Å². The zero-order chi connectivity index (χ0) is 18.4. The molecule has 0 unspecified atom stereocenters. The molecule has 2 aromatic carbocycles. The van der Waals surface area contributed by atoms with Gasteiger partial charge in [-0.3, -0.25) is 4.79 Å². The monoisotopic (exact) mass is 354 g/mol. The maximum atomic E-state index is 12.0. The van der Waals surface area contributed by atoms with Gasteiger partial charge in [0.2, 0.25) is 0 Å². The van der Waals surface area contributed by atoms with E-state index >= 15 is 0 Å². The molecule has 1 amide bonds. The van der Waals surface area contributed by atoms with Crippen LogP contribution in [0, 0.1) is 0 Å². The van der Waals surface area contributed by atoms with E-state index in [9.17, 15) is 9.59 Å². The second kappa shape index (κ2) is 8.38. The molecule has 0 aromatic heterocycles. The standard InChI is InChI=1S/C20H22N2O4/c23-19(22-9-1-2-10-22)14-26-18-8-4-7-17(12-18)21-13-15-5-3-6-16(11-15)20(24)25/h3-8,11-12,21H,1-2,9-10,13-14H2,(H,24,25). The van der Waals surface area contributed by atoms with Crippen LogP contribution in [0.1, 0.15) is 28.8 Å². The largest absolute Gasteiger partial charge is 0.484 e. The van der Waals surface area contributed by atoms with Crippen molar-refractivity contribution in [1.29, 1.82) is 0 Å². The second-order valence-electron chi connectivity index (χ2n) is 6.26. The van der Waals surface area contributed by atoms with Crippen LogP contribution >= 0.6 is 0 Å². The number of hydrogen-bond donors (Lipinski definition) is 2. The van der Waals surface area contributed by atoms with Crippen LogP contribution in [-0.4, -0.2) is 41.6 Å². The number of benzene rings is 2. The van der Waals surface area contributed by atoms with Gasteiger partial charge >= 0.3 is 5.97 Å². The summed E-state index contributed by atoms with van der Waals surface area (Å²) >= 11 is 0. The molecule has 0 spiro atoms. The van der Waals surface area contributed by atoms with E-state index in [4.69, 9.17) is 9.84 Å². The minimum absolute atomic E-state index is 0.0198. The first-order chi connectivity index (χ1) is 12.6. The molecule has 0 bridgehead atoms. The van der Waals surface area contributed by atoms with Crippen molar-refractivity contribution in [2.24, 2.45) is 0 Å². The Morgan fingerprint density at radius 1 is 1.08 bits per heavy atom. The van der Waals surface area contributed by atoms with Crippen molar-refractivity contribution in [2.45, 2.75) is 19.4 Å². The number of ether oxygens (including phenoxy) is 1. The van der Waals surface area contributed by atoms with Gasteiger partial charge in [-0.2, -0.15) is 0 Å². The van der Waals surface area contributed by atoms with Gasteiger partial charge in [-0.15, -0.1) is 0 Å². The number of carboxylic acid groups (broad SMARTS) is 1. The molecule has 1 heterocycles. The number of amides is 1. The molecular weight excluding hydrogens is 332 g/mol. The highest BCUT2D eigenvalue weighted by molar-refractivity contribution is 5.87. The molecular formula is C20H22N2O4. The summed E-state index contributed by atoms with van der Waals surface area (Å²) in [5.74, 6) is -0.293. The lowest BCUT2D eigenvalue weighted by atomic mass is 10.1. The number of hydrogen-bond acceptors (Lipinski definition) is 4. The van der Waals surface area contributed by atoms with E-state index in [1.165, 1.54) is 0 Å². The maximum absolute atomic E-state index is 12.0. The van der Waals surface area contributed by atoms with E-state index in [1.54, 1.807) is 18.2 Å². The van der Waals surface area contributed by atoms with Gasteiger partial charge in [0.15, 0.2) is 6.61 Å². The van der Waals surface area contributed by atoms with Crippen LogP contribution in [-0.2, 0) is 11.3 Å². The molecule has 1 aliphatic heterocycles. The molecule has 26 heavy (non-hydrogen) atoms. The fourth-order valence-corrected chi connectivity index (χ4v) is 2.92. The van der Waals surface area contributed by atoms with Crippen molar-refractivity contribution >= 4 is 17.6 Å². The van der Waals surface area contributed by atoms with Crippen molar-refractivity contribution in [3.63, 3.8) is 0 Å². The zero-order valence-electron chi connectivity index (χ0n) is 14.5. The first-order valence-corrected chi connectivity index (χ1v) is 8.68. The summed E-state index contributed by atoms with van der Waals surface area (Å²) in [5, 5.41) is 12.3. The fourth-order valence-electron chi connectivity index (χ4n) is 2.92. The van der Waals surface area contributed by atoms with Crippen LogP contribution in [0.5, 0.6) is 5.75 Å². The van der Waals surface area contributed by atoms with Gasteiger partial charge in [-0.05, 0) is 42.7 Å². The lowest BCUT2D eigenvalue weighted by molar-refractivity contribution is -0.132. The summed E-state index contributed by atoms with van der Waals surface area (Å²) in [6.07, 6.45) is 2.13. The van der Waals surface area contributed by atoms with Gasteiger partial charge in [0, 0.05) is 31.4 Å². The first-order valence-electron chi connectivity index (χ1n) is 8.68. The molecule has 1 aliphatic rings. The van der Waals surface area contributed by atoms with E-state index in [2.05, 4.69) is 5.32 Å². The summed E-state index contributed by atoms with van der Waals surface area (Å²) in [7, 11) is 0. The second-order valence-corrected chi connectivity index (χ2v) is 6.26. The molecule has 0 aliphatic carbocycles. The highest BCUT2D eigenvalue weighted by Crippen LogP contribution is 2.19. The van der Waals surface area contributed by atoms with E-state index in [-0.39, 0.29) is 18.1 Å². The van der Waals surface area contributed by atoms with Crippen LogP contribution in [0.3, 0.4) is 0 Å². The molecule has 6 heteroatoms.